The van der Waals surface area contributed by atoms with E-state index in [1.54, 1.807) is 11.3 Å². The molecule has 0 aromatic carbocycles. The average molecular weight is 233 g/mol. The van der Waals surface area contributed by atoms with Crippen LogP contribution in [0.25, 0.3) is 0 Å². The van der Waals surface area contributed by atoms with E-state index in [0.717, 1.165) is 13.1 Å². The second-order valence-electron chi connectivity index (χ2n) is 3.76. The Kier molecular flexibility index (Phi) is 4.02. The Morgan fingerprint density at radius 3 is 2.81 bits per heavy atom. The van der Waals surface area contributed by atoms with Crippen LogP contribution >= 0.6 is 11.3 Å². The van der Waals surface area contributed by atoms with Crippen molar-refractivity contribution in [1.82, 2.24) is 15.3 Å². The molecule has 16 heavy (non-hydrogen) atoms. The monoisotopic (exact) mass is 233 g/mol. The van der Waals surface area contributed by atoms with E-state index in [0.29, 0.717) is 5.92 Å². The van der Waals surface area contributed by atoms with Crippen LogP contribution in [0.3, 0.4) is 0 Å². The zero-order chi connectivity index (χ0) is 11.2. The van der Waals surface area contributed by atoms with Crippen molar-refractivity contribution >= 4 is 11.3 Å². The maximum Gasteiger partial charge on any atom is 0.0965 e. The van der Waals surface area contributed by atoms with Gasteiger partial charge in [-0.25, -0.2) is 4.98 Å². The van der Waals surface area contributed by atoms with E-state index in [2.05, 4.69) is 22.2 Å². The van der Waals surface area contributed by atoms with Crippen LogP contribution in [0.5, 0.6) is 0 Å². The van der Waals surface area contributed by atoms with Gasteiger partial charge in [-0.05, 0) is 17.7 Å². The highest BCUT2D eigenvalue weighted by atomic mass is 32.1. The lowest BCUT2D eigenvalue weighted by atomic mass is 10.2. The van der Waals surface area contributed by atoms with Gasteiger partial charge in [0, 0.05) is 43.0 Å². The van der Waals surface area contributed by atoms with Crippen LogP contribution in [0.4, 0.5) is 0 Å². The van der Waals surface area contributed by atoms with E-state index in [-0.39, 0.29) is 0 Å². The molecule has 2 rings (SSSR count). The van der Waals surface area contributed by atoms with Crippen molar-refractivity contribution in [1.29, 1.82) is 0 Å². The highest BCUT2D eigenvalue weighted by molar-refractivity contribution is 7.09. The summed E-state index contributed by atoms with van der Waals surface area (Å²) in [6.45, 7) is 4.03. The van der Waals surface area contributed by atoms with Crippen LogP contribution < -0.4 is 5.32 Å². The Balaban J connectivity index is 1.76. The third-order valence-corrected chi connectivity index (χ3v) is 3.41. The molecule has 0 saturated carbocycles. The number of nitrogens with one attached hydrogen (secondary N) is 1. The Morgan fingerprint density at radius 1 is 1.31 bits per heavy atom. The van der Waals surface area contributed by atoms with Crippen molar-refractivity contribution in [2.45, 2.75) is 19.4 Å². The lowest BCUT2D eigenvalue weighted by Gasteiger charge is -2.09. The van der Waals surface area contributed by atoms with E-state index in [1.165, 1.54) is 10.6 Å². The molecular formula is C12H15N3S. The van der Waals surface area contributed by atoms with E-state index in [1.807, 2.05) is 36.1 Å². The topological polar surface area (TPSA) is 37.8 Å². The van der Waals surface area contributed by atoms with Crippen LogP contribution in [-0.4, -0.2) is 16.5 Å². The highest BCUT2D eigenvalue weighted by Gasteiger charge is 2.06. The maximum atomic E-state index is 4.31. The lowest BCUT2D eigenvalue weighted by molar-refractivity contribution is 0.612. The van der Waals surface area contributed by atoms with Crippen LogP contribution in [0.1, 0.15) is 23.4 Å². The van der Waals surface area contributed by atoms with Crippen molar-refractivity contribution in [2.24, 2.45) is 0 Å². The highest BCUT2D eigenvalue weighted by Crippen LogP contribution is 2.16. The zero-order valence-electron chi connectivity index (χ0n) is 9.26. The largest absolute Gasteiger partial charge is 0.312 e. The third-order valence-electron chi connectivity index (χ3n) is 2.40. The molecule has 0 aliphatic heterocycles. The number of pyridine rings is 1. The van der Waals surface area contributed by atoms with E-state index >= 15 is 0 Å². The van der Waals surface area contributed by atoms with Gasteiger partial charge in [0.2, 0.25) is 0 Å². The van der Waals surface area contributed by atoms with Crippen molar-refractivity contribution < 1.29 is 0 Å². The summed E-state index contributed by atoms with van der Waals surface area (Å²) in [7, 11) is 0. The number of hydrogen-bond acceptors (Lipinski definition) is 4. The standard InChI is InChI=1S/C12H15N3S/c1-10(12-15-6-7-16-12)8-14-9-11-2-4-13-5-3-11/h2-7,10,14H,8-9H2,1H3. The minimum absolute atomic E-state index is 0.474. The summed E-state index contributed by atoms with van der Waals surface area (Å²) >= 11 is 1.72. The maximum absolute atomic E-state index is 4.31. The average Bonchev–Trinajstić information content (AvgIpc) is 2.84. The van der Waals surface area contributed by atoms with Gasteiger partial charge in [-0.2, -0.15) is 0 Å². The first-order chi connectivity index (χ1) is 7.86. The molecule has 2 aromatic heterocycles. The van der Waals surface area contributed by atoms with Gasteiger partial charge in [-0.15, -0.1) is 11.3 Å². The molecule has 1 N–H and O–H groups in total. The molecule has 0 saturated heterocycles. The molecule has 4 heteroatoms. The number of rotatable bonds is 5. The van der Waals surface area contributed by atoms with Gasteiger partial charge in [-0.1, -0.05) is 6.92 Å². The summed E-state index contributed by atoms with van der Waals surface area (Å²) < 4.78 is 0. The summed E-state index contributed by atoms with van der Waals surface area (Å²) in [5.74, 6) is 0.474. The number of nitrogens with zero attached hydrogens (tertiary/aromatic N) is 2. The normalized spacial score (nSPS) is 12.6. The first-order valence-corrected chi connectivity index (χ1v) is 6.23. The fourth-order valence-electron chi connectivity index (χ4n) is 1.50. The van der Waals surface area contributed by atoms with Gasteiger partial charge in [0.1, 0.15) is 0 Å². The quantitative estimate of drug-likeness (QED) is 0.862. The molecule has 0 spiro atoms. The molecule has 84 valence electrons. The third kappa shape index (κ3) is 3.12. The lowest BCUT2D eigenvalue weighted by Crippen LogP contribution is -2.19. The Labute approximate surface area is 99.6 Å². The Hall–Kier alpha value is -1.26. The minimum Gasteiger partial charge on any atom is -0.312 e. The van der Waals surface area contributed by atoms with Gasteiger partial charge in [0.25, 0.3) is 0 Å². The van der Waals surface area contributed by atoms with E-state index < -0.39 is 0 Å². The second-order valence-corrected chi connectivity index (χ2v) is 4.68. The molecule has 0 amide bonds. The van der Waals surface area contributed by atoms with Crippen molar-refractivity contribution in [3.63, 3.8) is 0 Å². The van der Waals surface area contributed by atoms with Crippen LogP contribution in [0, 0.1) is 0 Å². The molecule has 0 radical (unpaired) electrons. The first kappa shape index (κ1) is 11.2. The van der Waals surface area contributed by atoms with Gasteiger partial charge in [0.05, 0.1) is 5.01 Å². The summed E-state index contributed by atoms with van der Waals surface area (Å²) in [6.07, 6.45) is 5.50. The molecule has 0 aliphatic rings. The molecular weight excluding hydrogens is 218 g/mol. The van der Waals surface area contributed by atoms with Gasteiger partial charge in [0.15, 0.2) is 0 Å². The van der Waals surface area contributed by atoms with Crippen LogP contribution in [0.15, 0.2) is 36.1 Å². The number of hydrogen-bond donors (Lipinski definition) is 1. The Morgan fingerprint density at radius 2 is 2.12 bits per heavy atom. The summed E-state index contributed by atoms with van der Waals surface area (Å²) in [5.41, 5.74) is 1.27. The summed E-state index contributed by atoms with van der Waals surface area (Å²) in [6, 6.07) is 4.06. The predicted octanol–water partition coefficient (Wildman–Crippen LogP) is 2.43. The fraction of sp³-hybridized carbons (Fsp3) is 0.333. The number of thiazole rings is 1. The van der Waals surface area contributed by atoms with Gasteiger partial charge in [-0.3, -0.25) is 4.98 Å². The Bertz CT molecular complexity index is 399. The van der Waals surface area contributed by atoms with Crippen LogP contribution in [0.2, 0.25) is 0 Å². The van der Waals surface area contributed by atoms with Gasteiger partial charge >= 0.3 is 0 Å². The van der Waals surface area contributed by atoms with Crippen molar-refractivity contribution in [3.05, 3.63) is 46.7 Å². The molecule has 0 bridgehead atoms. The van der Waals surface area contributed by atoms with Crippen molar-refractivity contribution in [3.8, 4) is 0 Å². The molecule has 3 nitrogen and oxygen atoms in total. The summed E-state index contributed by atoms with van der Waals surface area (Å²) in [4.78, 5) is 8.30. The number of aromatic nitrogens is 2. The van der Waals surface area contributed by atoms with Gasteiger partial charge < -0.3 is 5.32 Å². The van der Waals surface area contributed by atoms with Crippen molar-refractivity contribution in [2.75, 3.05) is 6.54 Å². The molecule has 1 atom stereocenters. The minimum atomic E-state index is 0.474. The zero-order valence-corrected chi connectivity index (χ0v) is 10.1. The SMILES string of the molecule is CC(CNCc1ccncc1)c1nccs1. The molecule has 0 fully saturated rings. The van der Waals surface area contributed by atoms with E-state index in [9.17, 15) is 0 Å². The van der Waals surface area contributed by atoms with E-state index in [4.69, 9.17) is 0 Å². The summed E-state index contributed by atoms with van der Waals surface area (Å²) in [5, 5.41) is 6.65. The molecule has 1 unspecified atom stereocenters. The molecule has 2 aromatic rings. The predicted molar refractivity (Wildman–Crippen MR) is 66.5 cm³/mol. The first-order valence-electron chi connectivity index (χ1n) is 5.35. The van der Waals surface area contributed by atoms with Crippen LogP contribution in [-0.2, 0) is 6.54 Å². The molecule has 2 heterocycles. The molecule has 0 aliphatic carbocycles. The second kappa shape index (κ2) is 5.72. The smallest absolute Gasteiger partial charge is 0.0965 e. The fourth-order valence-corrected chi connectivity index (χ4v) is 2.20.